The zero-order valence-electron chi connectivity index (χ0n) is 10.4. The molecular formula is C15H21NS. The minimum Gasteiger partial charge on any atom is -0.319 e. The summed E-state index contributed by atoms with van der Waals surface area (Å²) < 4.78 is 0. The molecule has 0 aliphatic heterocycles. The molecule has 0 atom stereocenters. The first-order valence-corrected chi connectivity index (χ1v) is 6.01. The van der Waals surface area contributed by atoms with Crippen LogP contribution in [0.2, 0.25) is 0 Å². The Morgan fingerprint density at radius 3 is 2.47 bits per heavy atom. The van der Waals surface area contributed by atoms with Gasteiger partial charge >= 0.3 is 0 Å². The third-order valence-electron chi connectivity index (χ3n) is 2.95. The zero-order chi connectivity index (χ0) is 11.2. The number of hydrogen-bond acceptors (Lipinski definition) is 1. The van der Waals surface area contributed by atoms with Gasteiger partial charge in [-0.3, -0.25) is 0 Å². The zero-order valence-corrected chi connectivity index (χ0v) is 11.4. The average molecular weight is 247 g/mol. The molecule has 1 aromatic rings. The van der Waals surface area contributed by atoms with Crippen LogP contribution in [0.1, 0.15) is 24.0 Å². The van der Waals surface area contributed by atoms with Crippen LogP contribution in [0, 0.1) is 0 Å². The molecule has 0 bridgehead atoms. The lowest BCUT2D eigenvalue weighted by molar-refractivity contribution is 0.792. The van der Waals surface area contributed by atoms with Gasteiger partial charge in [0.15, 0.2) is 0 Å². The van der Waals surface area contributed by atoms with E-state index in [2.05, 4.69) is 47.8 Å². The number of hydrogen-bond donors (Lipinski definition) is 1. The van der Waals surface area contributed by atoms with Gasteiger partial charge in [0, 0.05) is 0 Å². The molecule has 0 amide bonds. The highest BCUT2D eigenvalue weighted by Crippen LogP contribution is 2.21. The largest absolute Gasteiger partial charge is 0.319 e. The molecule has 1 aliphatic carbocycles. The number of allylic oxidation sites excluding steroid dienone is 4. The lowest BCUT2D eigenvalue weighted by Gasteiger charge is -2.08. The van der Waals surface area contributed by atoms with Gasteiger partial charge in [0.05, 0.1) is 0 Å². The molecule has 17 heavy (non-hydrogen) atoms. The minimum atomic E-state index is 0. The van der Waals surface area contributed by atoms with E-state index in [1.807, 2.05) is 7.05 Å². The van der Waals surface area contributed by atoms with Gasteiger partial charge in [-0.2, -0.15) is 13.5 Å². The highest BCUT2D eigenvalue weighted by Gasteiger charge is 2.00. The van der Waals surface area contributed by atoms with Crippen LogP contribution in [-0.2, 0) is 6.42 Å². The molecule has 2 rings (SSSR count). The fraction of sp³-hybridized carbons (Fsp3) is 0.333. The Kier molecular flexibility index (Phi) is 6.09. The number of rotatable bonds is 4. The summed E-state index contributed by atoms with van der Waals surface area (Å²) in [7, 11) is 1.99. The highest BCUT2D eigenvalue weighted by atomic mass is 32.1. The third-order valence-corrected chi connectivity index (χ3v) is 2.95. The molecule has 0 heterocycles. The Labute approximate surface area is 111 Å². The first-order valence-electron chi connectivity index (χ1n) is 6.01. The normalized spacial score (nSPS) is 14.1. The maximum atomic E-state index is 3.17. The summed E-state index contributed by atoms with van der Waals surface area (Å²) in [6.45, 7) is 1.04. The Morgan fingerprint density at radius 1 is 1.12 bits per heavy atom. The van der Waals surface area contributed by atoms with Crippen LogP contribution in [0.4, 0.5) is 0 Å². The molecule has 1 N–H and O–H groups in total. The van der Waals surface area contributed by atoms with E-state index in [4.69, 9.17) is 0 Å². The van der Waals surface area contributed by atoms with Crippen molar-refractivity contribution in [1.29, 1.82) is 0 Å². The van der Waals surface area contributed by atoms with Crippen LogP contribution >= 0.6 is 13.5 Å². The van der Waals surface area contributed by atoms with Gasteiger partial charge in [0.25, 0.3) is 0 Å². The van der Waals surface area contributed by atoms with Crippen LogP contribution < -0.4 is 5.32 Å². The number of benzene rings is 1. The van der Waals surface area contributed by atoms with Gasteiger partial charge in [-0.05, 0) is 49.6 Å². The Hall–Kier alpha value is -0.990. The SMILES string of the molecule is CNCCc1ccc(C2=CCCC=C2)cc1.S. The lowest BCUT2D eigenvalue weighted by Crippen LogP contribution is -2.10. The predicted octanol–water partition coefficient (Wildman–Crippen LogP) is 3.29. The predicted molar refractivity (Wildman–Crippen MR) is 80.8 cm³/mol. The first-order chi connectivity index (χ1) is 7.90. The lowest BCUT2D eigenvalue weighted by atomic mass is 9.98. The monoisotopic (exact) mass is 247 g/mol. The summed E-state index contributed by atoms with van der Waals surface area (Å²) in [4.78, 5) is 0. The van der Waals surface area contributed by atoms with Gasteiger partial charge in [-0.15, -0.1) is 0 Å². The second-order valence-corrected chi connectivity index (χ2v) is 4.19. The van der Waals surface area contributed by atoms with Crippen molar-refractivity contribution in [2.75, 3.05) is 13.6 Å². The summed E-state index contributed by atoms with van der Waals surface area (Å²) in [6, 6.07) is 8.92. The van der Waals surface area contributed by atoms with Gasteiger partial charge < -0.3 is 5.32 Å². The Balaban J connectivity index is 0.00000144. The quantitative estimate of drug-likeness (QED) is 0.861. The standard InChI is InChI=1S/C15H19N.H2S/c1-16-12-11-13-7-9-15(10-8-13)14-5-3-2-4-6-14;/h3,5-10,16H,2,4,11-12H2,1H3;1H2. The number of likely N-dealkylation sites (N-methyl/N-ethyl adjacent to an activating group) is 1. The van der Waals surface area contributed by atoms with Crippen molar-refractivity contribution in [3.63, 3.8) is 0 Å². The van der Waals surface area contributed by atoms with Gasteiger partial charge in [-0.1, -0.05) is 42.5 Å². The second-order valence-electron chi connectivity index (χ2n) is 4.19. The Bertz CT molecular complexity index is 390. The highest BCUT2D eigenvalue weighted by molar-refractivity contribution is 7.59. The molecular weight excluding hydrogens is 226 g/mol. The Morgan fingerprint density at radius 2 is 1.88 bits per heavy atom. The van der Waals surface area contributed by atoms with Gasteiger partial charge in [-0.25, -0.2) is 0 Å². The maximum absolute atomic E-state index is 3.17. The maximum Gasteiger partial charge on any atom is -0.00114 e. The minimum absolute atomic E-state index is 0. The van der Waals surface area contributed by atoms with Crippen molar-refractivity contribution < 1.29 is 0 Å². The summed E-state index contributed by atoms with van der Waals surface area (Å²) >= 11 is 0. The fourth-order valence-electron chi connectivity index (χ4n) is 1.96. The summed E-state index contributed by atoms with van der Waals surface area (Å²) in [5.41, 5.74) is 4.11. The summed E-state index contributed by atoms with van der Waals surface area (Å²) in [5.74, 6) is 0. The third kappa shape index (κ3) is 4.06. The molecule has 1 aromatic carbocycles. The van der Waals surface area contributed by atoms with Crippen molar-refractivity contribution in [2.45, 2.75) is 19.3 Å². The van der Waals surface area contributed by atoms with Gasteiger partial charge in [0.2, 0.25) is 0 Å². The second kappa shape index (κ2) is 7.36. The summed E-state index contributed by atoms with van der Waals surface area (Å²) in [5, 5.41) is 3.17. The molecule has 0 fully saturated rings. The molecule has 1 aliphatic rings. The molecule has 0 spiro atoms. The average Bonchev–Trinajstić information content (AvgIpc) is 2.38. The fourth-order valence-corrected chi connectivity index (χ4v) is 1.96. The molecule has 0 saturated heterocycles. The van der Waals surface area contributed by atoms with E-state index in [9.17, 15) is 0 Å². The van der Waals surface area contributed by atoms with E-state index in [1.165, 1.54) is 29.5 Å². The molecule has 0 unspecified atom stereocenters. The van der Waals surface area contributed by atoms with E-state index in [1.54, 1.807) is 0 Å². The van der Waals surface area contributed by atoms with Crippen molar-refractivity contribution in [1.82, 2.24) is 5.32 Å². The molecule has 1 nitrogen and oxygen atoms in total. The van der Waals surface area contributed by atoms with E-state index < -0.39 is 0 Å². The van der Waals surface area contributed by atoms with E-state index in [0.717, 1.165) is 13.0 Å². The van der Waals surface area contributed by atoms with E-state index >= 15 is 0 Å². The molecule has 0 saturated carbocycles. The van der Waals surface area contributed by atoms with Crippen LogP contribution in [-0.4, -0.2) is 13.6 Å². The topological polar surface area (TPSA) is 12.0 Å². The number of nitrogens with one attached hydrogen (secondary N) is 1. The first kappa shape index (κ1) is 14.1. The molecule has 92 valence electrons. The van der Waals surface area contributed by atoms with Crippen LogP contribution in [0.5, 0.6) is 0 Å². The van der Waals surface area contributed by atoms with E-state index in [-0.39, 0.29) is 13.5 Å². The van der Waals surface area contributed by atoms with Crippen molar-refractivity contribution in [2.24, 2.45) is 0 Å². The van der Waals surface area contributed by atoms with Crippen LogP contribution in [0.15, 0.2) is 42.5 Å². The van der Waals surface area contributed by atoms with E-state index in [0.29, 0.717) is 0 Å². The van der Waals surface area contributed by atoms with Crippen molar-refractivity contribution in [3.8, 4) is 0 Å². The van der Waals surface area contributed by atoms with Crippen LogP contribution in [0.3, 0.4) is 0 Å². The smallest absolute Gasteiger partial charge is 0.00114 e. The molecule has 2 heteroatoms. The van der Waals surface area contributed by atoms with Crippen LogP contribution in [0.25, 0.3) is 5.57 Å². The summed E-state index contributed by atoms with van der Waals surface area (Å²) in [6.07, 6.45) is 10.3. The molecule has 0 aromatic heterocycles. The molecule has 0 radical (unpaired) electrons. The van der Waals surface area contributed by atoms with Crippen molar-refractivity contribution >= 4 is 19.1 Å². The van der Waals surface area contributed by atoms with Gasteiger partial charge in [0.1, 0.15) is 0 Å². The van der Waals surface area contributed by atoms with Crippen molar-refractivity contribution in [3.05, 3.63) is 53.6 Å².